The summed E-state index contributed by atoms with van der Waals surface area (Å²) in [6.45, 7) is 1.83. The third-order valence-electron chi connectivity index (χ3n) is 3.11. The average molecular weight is 318 g/mol. The first-order valence-electron chi connectivity index (χ1n) is 6.89. The molecule has 0 radical (unpaired) electrons. The van der Waals surface area contributed by atoms with Crippen LogP contribution in [0.5, 0.6) is 5.75 Å². The van der Waals surface area contributed by atoms with Crippen LogP contribution in [-0.2, 0) is 4.79 Å². The quantitative estimate of drug-likeness (QED) is 0.653. The normalized spacial score (nSPS) is 10.2. The van der Waals surface area contributed by atoms with Crippen molar-refractivity contribution in [2.24, 2.45) is 0 Å². The van der Waals surface area contributed by atoms with Gasteiger partial charge in [-0.2, -0.15) is 0 Å². The van der Waals surface area contributed by atoms with Crippen molar-refractivity contribution in [3.63, 3.8) is 0 Å². The van der Waals surface area contributed by atoms with Crippen LogP contribution in [0.2, 0.25) is 0 Å². The lowest BCUT2D eigenvalue weighted by molar-refractivity contribution is -0.384. The third kappa shape index (κ3) is 4.77. The zero-order valence-electron chi connectivity index (χ0n) is 12.4. The summed E-state index contributed by atoms with van der Waals surface area (Å²) in [6, 6.07) is 9.72. The number of nitrogens with one attached hydrogen (secondary N) is 1. The Morgan fingerprint density at radius 3 is 2.57 bits per heavy atom. The summed E-state index contributed by atoms with van der Waals surface area (Å²) in [5, 5.41) is 13.2. The Morgan fingerprint density at radius 1 is 1.26 bits per heavy atom. The van der Waals surface area contributed by atoms with Crippen molar-refractivity contribution in [3.8, 4) is 5.75 Å². The van der Waals surface area contributed by atoms with Crippen LogP contribution in [0.3, 0.4) is 0 Å². The summed E-state index contributed by atoms with van der Waals surface area (Å²) in [6.07, 6.45) is 0.105. The van der Waals surface area contributed by atoms with Crippen molar-refractivity contribution in [1.29, 1.82) is 0 Å². The molecule has 23 heavy (non-hydrogen) atoms. The van der Waals surface area contributed by atoms with Crippen LogP contribution < -0.4 is 10.1 Å². The van der Waals surface area contributed by atoms with Crippen LogP contribution in [0.1, 0.15) is 12.0 Å². The van der Waals surface area contributed by atoms with Crippen molar-refractivity contribution >= 4 is 17.3 Å². The molecule has 1 N–H and O–H groups in total. The number of carbonyl (C=O) groups excluding carboxylic acids is 1. The van der Waals surface area contributed by atoms with Gasteiger partial charge >= 0.3 is 0 Å². The van der Waals surface area contributed by atoms with Gasteiger partial charge in [-0.1, -0.05) is 0 Å². The maximum atomic E-state index is 13.0. The second-order valence-electron chi connectivity index (χ2n) is 4.86. The number of ether oxygens (including phenoxy) is 1. The van der Waals surface area contributed by atoms with Gasteiger partial charge in [-0.3, -0.25) is 14.9 Å². The van der Waals surface area contributed by atoms with E-state index in [9.17, 15) is 19.3 Å². The molecule has 0 saturated heterocycles. The van der Waals surface area contributed by atoms with Gasteiger partial charge in [0.25, 0.3) is 5.69 Å². The molecule has 0 spiro atoms. The summed E-state index contributed by atoms with van der Waals surface area (Å²) in [5.41, 5.74) is 1.16. The summed E-state index contributed by atoms with van der Waals surface area (Å²) in [5.74, 6) is -0.176. The number of non-ortho nitro benzene ring substituents is 1. The molecular formula is C16H15FN2O4. The fourth-order valence-corrected chi connectivity index (χ4v) is 1.91. The molecule has 2 aromatic carbocycles. The Kier molecular flexibility index (Phi) is 5.24. The number of nitro benzene ring substituents is 1. The monoisotopic (exact) mass is 318 g/mol. The molecule has 0 aromatic heterocycles. The minimum Gasteiger partial charge on any atom is -0.493 e. The number of nitrogens with zero attached hydrogens (tertiary/aromatic N) is 1. The lowest BCUT2D eigenvalue weighted by Crippen LogP contribution is -2.15. The summed E-state index contributed by atoms with van der Waals surface area (Å²) in [4.78, 5) is 21.8. The first-order chi connectivity index (χ1) is 11.0. The van der Waals surface area contributed by atoms with Crippen LogP contribution in [0, 0.1) is 22.9 Å². The van der Waals surface area contributed by atoms with E-state index in [-0.39, 0.29) is 30.4 Å². The highest BCUT2D eigenvalue weighted by atomic mass is 19.1. The number of halogens is 1. The predicted molar refractivity (Wildman–Crippen MR) is 83.0 cm³/mol. The molecule has 120 valence electrons. The molecule has 0 saturated carbocycles. The van der Waals surface area contributed by atoms with E-state index in [1.165, 1.54) is 42.5 Å². The molecule has 2 rings (SSSR count). The molecule has 0 atom stereocenters. The second-order valence-corrected chi connectivity index (χ2v) is 4.86. The van der Waals surface area contributed by atoms with Crippen molar-refractivity contribution in [2.45, 2.75) is 13.3 Å². The van der Waals surface area contributed by atoms with E-state index in [1.54, 1.807) is 6.92 Å². The second kappa shape index (κ2) is 7.35. The van der Waals surface area contributed by atoms with E-state index >= 15 is 0 Å². The van der Waals surface area contributed by atoms with Crippen molar-refractivity contribution in [2.75, 3.05) is 11.9 Å². The Bertz CT molecular complexity index is 717. The van der Waals surface area contributed by atoms with Crippen molar-refractivity contribution in [1.82, 2.24) is 0 Å². The topological polar surface area (TPSA) is 81.5 Å². The number of nitro groups is 1. The largest absolute Gasteiger partial charge is 0.493 e. The Hall–Kier alpha value is -2.96. The van der Waals surface area contributed by atoms with Gasteiger partial charge in [0.15, 0.2) is 0 Å². The van der Waals surface area contributed by atoms with Crippen molar-refractivity contribution < 1.29 is 18.8 Å². The number of benzene rings is 2. The summed E-state index contributed by atoms with van der Waals surface area (Å²) < 4.78 is 18.3. The van der Waals surface area contributed by atoms with E-state index in [1.807, 2.05) is 0 Å². The van der Waals surface area contributed by atoms with Gasteiger partial charge in [-0.05, 0) is 42.8 Å². The number of aryl methyl sites for hydroxylation is 1. The van der Waals surface area contributed by atoms with E-state index in [2.05, 4.69) is 5.32 Å². The fraction of sp³-hybridized carbons (Fsp3) is 0.188. The molecular weight excluding hydrogens is 303 g/mol. The average Bonchev–Trinajstić information content (AvgIpc) is 2.50. The molecule has 0 unspecified atom stereocenters. The smallest absolute Gasteiger partial charge is 0.269 e. The van der Waals surface area contributed by atoms with Gasteiger partial charge in [0.1, 0.15) is 11.6 Å². The van der Waals surface area contributed by atoms with Gasteiger partial charge < -0.3 is 10.1 Å². The third-order valence-corrected chi connectivity index (χ3v) is 3.11. The zero-order valence-corrected chi connectivity index (χ0v) is 12.4. The summed E-state index contributed by atoms with van der Waals surface area (Å²) >= 11 is 0. The number of carbonyl (C=O) groups is 1. The minimum absolute atomic E-state index is 0.0260. The molecule has 0 fully saturated rings. The highest BCUT2D eigenvalue weighted by molar-refractivity contribution is 5.91. The van der Waals surface area contributed by atoms with E-state index in [0.29, 0.717) is 17.0 Å². The van der Waals surface area contributed by atoms with Crippen LogP contribution >= 0.6 is 0 Å². The highest BCUT2D eigenvalue weighted by Gasteiger charge is 2.07. The number of rotatable bonds is 6. The summed E-state index contributed by atoms with van der Waals surface area (Å²) in [7, 11) is 0. The van der Waals surface area contributed by atoms with Crippen LogP contribution in [-0.4, -0.2) is 17.4 Å². The first-order valence-corrected chi connectivity index (χ1v) is 6.89. The molecule has 0 bridgehead atoms. The Balaban J connectivity index is 1.81. The number of hydrogen-bond acceptors (Lipinski definition) is 4. The number of hydrogen-bond donors (Lipinski definition) is 1. The molecule has 0 aliphatic rings. The number of amides is 1. The zero-order chi connectivity index (χ0) is 16.8. The van der Waals surface area contributed by atoms with Gasteiger partial charge in [-0.15, -0.1) is 0 Å². The van der Waals surface area contributed by atoms with E-state index in [0.717, 1.165) is 0 Å². The fourth-order valence-electron chi connectivity index (χ4n) is 1.91. The van der Waals surface area contributed by atoms with Gasteiger partial charge in [0, 0.05) is 17.8 Å². The predicted octanol–water partition coefficient (Wildman–Crippen LogP) is 3.45. The van der Waals surface area contributed by atoms with Crippen molar-refractivity contribution in [3.05, 3.63) is 64.0 Å². The Labute approximate surface area is 132 Å². The molecule has 2 aromatic rings. The lowest BCUT2D eigenvalue weighted by Gasteiger charge is -2.09. The maximum absolute atomic E-state index is 13.0. The van der Waals surface area contributed by atoms with Gasteiger partial charge in [0.2, 0.25) is 5.91 Å². The lowest BCUT2D eigenvalue weighted by atomic mass is 10.2. The number of anilines is 1. The van der Waals surface area contributed by atoms with Crippen LogP contribution in [0.25, 0.3) is 0 Å². The van der Waals surface area contributed by atoms with Crippen LogP contribution in [0.15, 0.2) is 42.5 Å². The SMILES string of the molecule is Cc1cc(F)ccc1NC(=O)CCOc1ccc([N+](=O)[O-])cc1. The van der Waals surface area contributed by atoms with E-state index < -0.39 is 4.92 Å². The molecule has 0 aliphatic carbocycles. The maximum Gasteiger partial charge on any atom is 0.269 e. The van der Waals surface area contributed by atoms with Crippen LogP contribution in [0.4, 0.5) is 15.8 Å². The Morgan fingerprint density at radius 2 is 1.96 bits per heavy atom. The molecule has 0 aliphatic heterocycles. The van der Waals surface area contributed by atoms with Gasteiger partial charge in [-0.25, -0.2) is 4.39 Å². The molecule has 6 nitrogen and oxygen atoms in total. The first kappa shape index (κ1) is 16.4. The molecule has 7 heteroatoms. The minimum atomic E-state index is -0.498. The van der Waals surface area contributed by atoms with E-state index in [4.69, 9.17) is 4.74 Å². The highest BCUT2D eigenvalue weighted by Crippen LogP contribution is 2.18. The van der Waals surface area contributed by atoms with Gasteiger partial charge in [0.05, 0.1) is 18.0 Å². The standard InChI is InChI=1S/C16H15FN2O4/c1-11-10-12(17)2-7-15(11)18-16(20)8-9-23-14-5-3-13(4-6-14)19(21)22/h2-7,10H,8-9H2,1H3,(H,18,20). The molecule has 1 amide bonds. The molecule has 0 heterocycles.